The van der Waals surface area contributed by atoms with Crippen LogP contribution in [0, 0.1) is 19.8 Å². The summed E-state index contributed by atoms with van der Waals surface area (Å²) in [5.41, 5.74) is 4.10. The van der Waals surface area contributed by atoms with E-state index >= 15 is 0 Å². The predicted octanol–water partition coefficient (Wildman–Crippen LogP) is 5.39. The zero-order chi connectivity index (χ0) is 13.8. The second-order valence-corrected chi connectivity index (χ2v) is 6.19. The molecule has 1 fully saturated rings. The Bertz CT molecular complexity index is 391. The molecule has 1 aromatic rings. The molecule has 1 nitrogen and oxygen atoms in total. The lowest BCUT2D eigenvalue weighted by Crippen LogP contribution is -2.13. The molecule has 1 heteroatoms. The largest absolute Gasteiger partial charge is 0.496 e. The van der Waals surface area contributed by atoms with Crippen molar-refractivity contribution >= 4 is 0 Å². The molecule has 1 aromatic carbocycles. The highest BCUT2D eigenvalue weighted by Gasteiger charge is 2.22. The zero-order valence-corrected chi connectivity index (χ0v) is 13.0. The third kappa shape index (κ3) is 3.32. The highest BCUT2D eigenvalue weighted by atomic mass is 16.5. The van der Waals surface area contributed by atoms with Crippen LogP contribution in [-0.2, 0) is 0 Å². The van der Waals surface area contributed by atoms with E-state index < -0.39 is 0 Å². The quantitative estimate of drug-likeness (QED) is 0.705. The van der Waals surface area contributed by atoms with Crippen LogP contribution in [0.1, 0.15) is 68.1 Å². The summed E-state index contributed by atoms with van der Waals surface area (Å²) in [6.07, 6.45) is 8.35. The molecule has 0 aliphatic heterocycles. The van der Waals surface area contributed by atoms with Crippen molar-refractivity contribution in [3.8, 4) is 5.75 Å². The summed E-state index contributed by atoms with van der Waals surface area (Å²) in [7, 11) is 1.77. The summed E-state index contributed by atoms with van der Waals surface area (Å²) in [5.74, 6) is 2.82. The van der Waals surface area contributed by atoms with Crippen LogP contribution in [0.3, 0.4) is 0 Å². The Kier molecular flexibility index (Phi) is 4.90. The van der Waals surface area contributed by atoms with E-state index in [2.05, 4.69) is 32.9 Å². The Morgan fingerprint density at radius 1 is 1.05 bits per heavy atom. The number of methoxy groups -OCH3 is 1. The first-order valence-corrected chi connectivity index (χ1v) is 7.80. The van der Waals surface area contributed by atoms with E-state index in [0.29, 0.717) is 0 Å². The normalized spacial score (nSPS) is 23.4. The molecule has 2 rings (SSSR count). The number of ether oxygens (including phenoxy) is 1. The van der Waals surface area contributed by atoms with Crippen LogP contribution in [0.15, 0.2) is 12.1 Å². The minimum absolute atomic E-state index is 0.774. The highest BCUT2D eigenvalue weighted by molar-refractivity contribution is 5.44. The summed E-state index contributed by atoms with van der Waals surface area (Å²) >= 11 is 0. The Labute approximate surface area is 118 Å². The second-order valence-electron chi connectivity index (χ2n) is 6.19. The van der Waals surface area contributed by atoms with Gasteiger partial charge >= 0.3 is 0 Å². The van der Waals surface area contributed by atoms with Crippen molar-refractivity contribution in [2.45, 2.75) is 65.2 Å². The van der Waals surface area contributed by atoms with Gasteiger partial charge in [-0.2, -0.15) is 0 Å². The first kappa shape index (κ1) is 14.4. The summed E-state index contributed by atoms with van der Waals surface area (Å²) < 4.78 is 5.47. The molecular formula is C18H28O. The standard InChI is InChI=1S/C18H28O/c1-5-6-15-7-9-16(10-8-15)17-11-13(2)18(19-4)14(3)12-17/h11-12,15-16H,5-10H2,1-4H3. The van der Waals surface area contributed by atoms with Crippen molar-refractivity contribution in [1.29, 1.82) is 0 Å². The molecule has 106 valence electrons. The van der Waals surface area contributed by atoms with Crippen molar-refractivity contribution < 1.29 is 4.74 Å². The molecule has 19 heavy (non-hydrogen) atoms. The van der Waals surface area contributed by atoms with Crippen LogP contribution in [0.2, 0.25) is 0 Å². The molecule has 1 saturated carbocycles. The Morgan fingerprint density at radius 2 is 1.63 bits per heavy atom. The van der Waals surface area contributed by atoms with Gasteiger partial charge in [0.2, 0.25) is 0 Å². The van der Waals surface area contributed by atoms with E-state index in [4.69, 9.17) is 4.74 Å². The average Bonchev–Trinajstić information content (AvgIpc) is 2.39. The van der Waals surface area contributed by atoms with E-state index in [0.717, 1.165) is 17.6 Å². The second kappa shape index (κ2) is 6.45. The molecule has 0 radical (unpaired) electrons. The van der Waals surface area contributed by atoms with E-state index in [1.807, 2.05) is 0 Å². The van der Waals surface area contributed by atoms with E-state index in [-0.39, 0.29) is 0 Å². The first-order chi connectivity index (χ1) is 9.15. The van der Waals surface area contributed by atoms with Crippen LogP contribution >= 0.6 is 0 Å². The van der Waals surface area contributed by atoms with Gasteiger partial charge in [0.25, 0.3) is 0 Å². The zero-order valence-electron chi connectivity index (χ0n) is 13.0. The van der Waals surface area contributed by atoms with Crippen molar-refractivity contribution in [2.75, 3.05) is 7.11 Å². The SMILES string of the molecule is CCCC1CCC(c2cc(C)c(OC)c(C)c2)CC1. The minimum atomic E-state index is 0.774. The van der Waals surface area contributed by atoms with Gasteiger partial charge in [0.1, 0.15) is 5.75 Å². The Balaban J connectivity index is 2.07. The number of hydrogen-bond donors (Lipinski definition) is 0. The number of aryl methyl sites for hydroxylation is 2. The van der Waals surface area contributed by atoms with Gasteiger partial charge in [0.05, 0.1) is 7.11 Å². The Morgan fingerprint density at radius 3 is 2.11 bits per heavy atom. The Hall–Kier alpha value is -0.980. The van der Waals surface area contributed by atoms with Gasteiger partial charge in [-0.05, 0) is 68.1 Å². The third-order valence-corrected chi connectivity index (χ3v) is 4.70. The van der Waals surface area contributed by atoms with Crippen molar-refractivity contribution in [1.82, 2.24) is 0 Å². The van der Waals surface area contributed by atoms with Crippen LogP contribution < -0.4 is 4.74 Å². The average molecular weight is 260 g/mol. The molecular weight excluding hydrogens is 232 g/mol. The van der Waals surface area contributed by atoms with Crippen LogP contribution in [0.5, 0.6) is 5.75 Å². The lowest BCUT2D eigenvalue weighted by Gasteiger charge is -2.29. The van der Waals surface area contributed by atoms with Gasteiger partial charge in [0, 0.05) is 0 Å². The van der Waals surface area contributed by atoms with Gasteiger partial charge in [-0.1, -0.05) is 31.9 Å². The van der Waals surface area contributed by atoms with Gasteiger partial charge < -0.3 is 4.74 Å². The lowest BCUT2D eigenvalue weighted by atomic mass is 9.77. The fraction of sp³-hybridized carbons (Fsp3) is 0.667. The summed E-state index contributed by atoms with van der Waals surface area (Å²) in [6.45, 7) is 6.64. The van der Waals surface area contributed by atoms with Gasteiger partial charge in [-0.15, -0.1) is 0 Å². The van der Waals surface area contributed by atoms with Gasteiger partial charge in [-0.3, -0.25) is 0 Å². The predicted molar refractivity (Wildman–Crippen MR) is 82.1 cm³/mol. The van der Waals surface area contributed by atoms with Crippen molar-refractivity contribution in [3.63, 3.8) is 0 Å². The molecule has 1 aliphatic carbocycles. The smallest absolute Gasteiger partial charge is 0.124 e. The van der Waals surface area contributed by atoms with Crippen molar-refractivity contribution in [3.05, 3.63) is 28.8 Å². The molecule has 1 aliphatic rings. The maximum Gasteiger partial charge on any atom is 0.124 e. The molecule has 0 N–H and O–H groups in total. The molecule has 0 saturated heterocycles. The molecule has 0 heterocycles. The fourth-order valence-corrected chi connectivity index (χ4v) is 3.73. The van der Waals surface area contributed by atoms with E-state index in [9.17, 15) is 0 Å². The monoisotopic (exact) mass is 260 g/mol. The summed E-state index contributed by atoms with van der Waals surface area (Å²) in [4.78, 5) is 0. The lowest BCUT2D eigenvalue weighted by molar-refractivity contribution is 0.308. The number of benzene rings is 1. The minimum Gasteiger partial charge on any atom is -0.496 e. The molecule has 0 unspecified atom stereocenters. The van der Waals surface area contributed by atoms with Gasteiger partial charge in [-0.25, -0.2) is 0 Å². The third-order valence-electron chi connectivity index (χ3n) is 4.70. The molecule has 0 bridgehead atoms. The topological polar surface area (TPSA) is 9.23 Å². The molecule has 0 spiro atoms. The fourth-order valence-electron chi connectivity index (χ4n) is 3.73. The van der Waals surface area contributed by atoms with E-state index in [1.165, 1.54) is 55.2 Å². The molecule has 0 aromatic heterocycles. The molecule has 0 amide bonds. The maximum absolute atomic E-state index is 5.47. The highest BCUT2D eigenvalue weighted by Crippen LogP contribution is 2.39. The number of hydrogen-bond acceptors (Lipinski definition) is 1. The van der Waals surface area contributed by atoms with Gasteiger partial charge in [0.15, 0.2) is 0 Å². The molecule has 0 atom stereocenters. The van der Waals surface area contributed by atoms with E-state index in [1.54, 1.807) is 7.11 Å². The van der Waals surface area contributed by atoms with Crippen LogP contribution in [0.4, 0.5) is 0 Å². The first-order valence-electron chi connectivity index (χ1n) is 7.80. The maximum atomic E-state index is 5.47. The van der Waals surface area contributed by atoms with Crippen LogP contribution in [-0.4, -0.2) is 7.11 Å². The number of rotatable bonds is 4. The summed E-state index contributed by atoms with van der Waals surface area (Å²) in [6, 6.07) is 4.69. The summed E-state index contributed by atoms with van der Waals surface area (Å²) in [5, 5.41) is 0. The van der Waals surface area contributed by atoms with Crippen LogP contribution in [0.25, 0.3) is 0 Å². The van der Waals surface area contributed by atoms with Crippen molar-refractivity contribution in [2.24, 2.45) is 5.92 Å².